The predicted molar refractivity (Wildman–Crippen MR) is 139 cm³/mol. The summed E-state index contributed by atoms with van der Waals surface area (Å²) in [5.74, 6) is 0. The van der Waals surface area contributed by atoms with E-state index < -0.39 is 12.5 Å². The molecule has 0 saturated heterocycles. The molecule has 162 valence electrons. The third kappa shape index (κ3) is 3.06. The molecule has 2 N–H and O–H groups in total. The molecule has 0 radical (unpaired) electrons. The highest BCUT2D eigenvalue weighted by molar-refractivity contribution is 6.58. The van der Waals surface area contributed by atoms with Gasteiger partial charge in [0.15, 0.2) is 0 Å². The lowest BCUT2D eigenvalue weighted by Crippen LogP contribution is -2.29. The van der Waals surface area contributed by atoms with Crippen LogP contribution in [0.4, 0.5) is 0 Å². The van der Waals surface area contributed by atoms with Crippen LogP contribution in [0.25, 0.3) is 22.3 Å². The quantitative estimate of drug-likeness (QED) is 0.362. The minimum Gasteiger partial charge on any atom is -0.423 e. The summed E-state index contributed by atoms with van der Waals surface area (Å²) in [6.07, 6.45) is 0. The molecule has 1 aliphatic carbocycles. The molecule has 0 spiro atoms. The second kappa shape index (κ2) is 8.14. The van der Waals surface area contributed by atoms with E-state index in [2.05, 4.69) is 103 Å². The van der Waals surface area contributed by atoms with E-state index in [0.717, 1.165) is 11.1 Å². The SMILES string of the molecule is OB(O)c1ccc(-c2ccc3c(c2)C(c2ccccc2)(c2ccccc2)c2ccccc2-3)cc1. The lowest BCUT2D eigenvalue weighted by Gasteiger charge is -2.34. The van der Waals surface area contributed by atoms with Crippen LogP contribution in [-0.2, 0) is 5.41 Å². The molecule has 5 aromatic carbocycles. The van der Waals surface area contributed by atoms with Gasteiger partial charge in [0.25, 0.3) is 0 Å². The summed E-state index contributed by atoms with van der Waals surface area (Å²) in [6, 6.07) is 44.3. The largest absolute Gasteiger partial charge is 0.488 e. The van der Waals surface area contributed by atoms with E-state index in [1.54, 1.807) is 12.1 Å². The molecule has 0 bridgehead atoms. The molecule has 0 saturated carbocycles. The number of rotatable bonds is 4. The highest BCUT2D eigenvalue weighted by Crippen LogP contribution is 2.56. The number of fused-ring (bicyclic) bond motifs is 3. The van der Waals surface area contributed by atoms with E-state index in [-0.39, 0.29) is 0 Å². The Balaban J connectivity index is 1.66. The average Bonchev–Trinajstić information content (AvgIpc) is 3.20. The fourth-order valence-corrected chi connectivity index (χ4v) is 5.47. The monoisotopic (exact) mass is 438 g/mol. The lowest BCUT2D eigenvalue weighted by molar-refractivity contribution is 0.426. The van der Waals surface area contributed by atoms with E-state index in [4.69, 9.17) is 0 Å². The second-order valence-electron chi connectivity index (χ2n) is 8.78. The number of hydrogen-bond donors (Lipinski definition) is 2. The number of hydrogen-bond acceptors (Lipinski definition) is 2. The van der Waals surface area contributed by atoms with Gasteiger partial charge in [-0.05, 0) is 56.0 Å². The Bertz CT molecular complexity index is 1420. The zero-order valence-corrected chi connectivity index (χ0v) is 18.6. The van der Waals surface area contributed by atoms with Gasteiger partial charge in [-0.25, -0.2) is 0 Å². The molecule has 2 nitrogen and oxygen atoms in total. The average molecular weight is 438 g/mol. The third-order valence-electron chi connectivity index (χ3n) is 7.00. The van der Waals surface area contributed by atoms with Crippen LogP contribution >= 0.6 is 0 Å². The topological polar surface area (TPSA) is 40.5 Å². The first kappa shape index (κ1) is 20.7. The Morgan fingerprint density at radius 3 is 1.62 bits per heavy atom. The molecule has 0 heterocycles. The Morgan fingerprint density at radius 2 is 1.00 bits per heavy atom. The first-order chi connectivity index (χ1) is 16.7. The fraction of sp³-hybridized carbons (Fsp3) is 0.0323. The maximum Gasteiger partial charge on any atom is 0.488 e. The van der Waals surface area contributed by atoms with Gasteiger partial charge in [-0.2, -0.15) is 0 Å². The van der Waals surface area contributed by atoms with Gasteiger partial charge in [-0.1, -0.05) is 121 Å². The molecule has 3 heteroatoms. The van der Waals surface area contributed by atoms with Crippen LogP contribution in [0.3, 0.4) is 0 Å². The molecule has 0 atom stereocenters. The molecule has 34 heavy (non-hydrogen) atoms. The van der Waals surface area contributed by atoms with Gasteiger partial charge >= 0.3 is 7.12 Å². The highest BCUT2D eigenvalue weighted by Gasteiger charge is 2.45. The summed E-state index contributed by atoms with van der Waals surface area (Å²) in [7, 11) is -1.47. The summed E-state index contributed by atoms with van der Waals surface area (Å²) in [4.78, 5) is 0. The fourth-order valence-electron chi connectivity index (χ4n) is 5.47. The molecule has 0 fully saturated rings. The van der Waals surface area contributed by atoms with Crippen LogP contribution in [0.2, 0.25) is 0 Å². The third-order valence-corrected chi connectivity index (χ3v) is 7.00. The van der Waals surface area contributed by atoms with Crippen molar-refractivity contribution in [3.63, 3.8) is 0 Å². The van der Waals surface area contributed by atoms with Crippen molar-refractivity contribution in [1.82, 2.24) is 0 Å². The van der Waals surface area contributed by atoms with Crippen LogP contribution < -0.4 is 5.46 Å². The van der Waals surface area contributed by atoms with Crippen molar-refractivity contribution in [3.05, 3.63) is 150 Å². The summed E-state index contributed by atoms with van der Waals surface area (Å²) in [5, 5.41) is 19.0. The summed E-state index contributed by atoms with van der Waals surface area (Å²) in [5.41, 5.74) is 9.73. The zero-order valence-electron chi connectivity index (χ0n) is 18.6. The van der Waals surface area contributed by atoms with Crippen molar-refractivity contribution >= 4 is 12.6 Å². The maximum atomic E-state index is 9.49. The normalized spacial score (nSPS) is 13.2. The van der Waals surface area contributed by atoms with Crippen molar-refractivity contribution < 1.29 is 10.0 Å². The van der Waals surface area contributed by atoms with Crippen molar-refractivity contribution in [2.45, 2.75) is 5.41 Å². The van der Waals surface area contributed by atoms with E-state index in [1.807, 2.05) is 12.1 Å². The Hall–Kier alpha value is -3.92. The summed E-state index contributed by atoms with van der Waals surface area (Å²) < 4.78 is 0. The molecular formula is C31H23BO2. The van der Waals surface area contributed by atoms with Gasteiger partial charge in [0, 0.05) is 0 Å². The minimum absolute atomic E-state index is 0.425. The van der Waals surface area contributed by atoms with Gasteiger partial charge in [-0.3, -0.25) is 0 Å². The predicted octanol–water partition coefficient (Wildman–Crippen LogP) is 5.40. The smallest absolute Gasteiger partial charge is 0.423 e. The molecule has 5 aromatic rings. The minimum atomic E-state index is -1.47. The van der Waals surface area contributed by atoms with Gasteiger partial charge in [0.2, 0.25) is 0 Å². The first-order valence-electron chi connectivity index (χ1n) is 11.5. The van der Waals surface area contributed by atoms with Crippen LogP contribution in [0, 0.1) is 0 Å². The van der Waals surface area contributed by atoms with E-state index in [0.29, 0.717) is 5.46 Å². The first-order valence-corrected chi connectivity index (χ1v) is 11.5. The van der Waals surface area contributed by atoms with Crippen LogP contribution in [0.5, 0.6) is 0 Å². The molecule has 0 aromatic heterocycles. The van der Waals surface area contributed by atoms with Crippen molar-refractivity contribution in [2.75, 3.05) is 0 Å². The lowest BCUT2D eigenvalue weighted by atomic mass is 9.67. The van der Waals surface area contributed by atoms with Crippen molar-refractivity contribution in [2.24, 2.45) is 0 Å². The van der Waals surface area contributed by atoms with Crippen LogP contribution in [0.1, 0.15) is 22.3 Å². The molecular weight excluding hydrogens is 415 g/mol. The second-order valence-corrected chi connectivity index (χ2v) is 8.78. The molecule has 0 unspecified atom stereocenters. The molecule has 6 rings (SSSR count). The zero-order chi connectivity index (χ0) is 23.1. The van der Waals surface area contributed by atoms with E-state index in [1.165, 1.54) is 33.4 Å². The molecule has 0 amide bonds. The maximum absolute atomic E-state index is 9.49. The van der Waals surface area contributed by atoms with Gasteiger partial charge in [0.1, 0.15) is 0 Å². The molecule has 0 aliphatic heterocycles. The molecule has 1 aliphatic rings. The van der Waals surface area contributed by atoms with E-state index in [9.17, 15) is 10.0 Å². The highest BCUT2D eigenvalue weighted by atomic mass is 16.4. The van der Waals surface area contributed by atoms with Crippen LogP contribution in [-0.4, -0.2) is 17.2 Å². The number of benzene rings is 5. The summed E-state index contributed by atoms with van der Waals surface area (Å²) in [6.45, 7) is 0. The van der Waals surface area contributed by atoms with Crippen molar-refractivity contribution in [3.8, 4) is 22.3 Å². The Labute approximate surface area is 199 Å². The Morgan fingerprint density at radius 1 is 0.471 bits per heavy atom. The summed E-state index contributed by atoms with van der Waals surface area (Å²) >= 11 is 0. The van der Waals surface area contributed by atoms with Gasteiger partial charge in [0.05, 0.1) is 5.41 Å². The van der Waals surface area contributed by atoms with Crippen LogP contribution in [0.15, 0.2) is 127 Å². The van der Waals surface area contributed by atoms with E-state index >= 15 is 0 Å². The van der Waals surface area contributed by atoms with Crippen molar-refractivity contribution in [1.29, 1.82) is 0 Å². The standard InChI is InChI=1S/C31H23BO2/c33-32(34)26-18-15-22(16-19-26)23-17-20-28-27-13-7-8-14-29(27)31(30(28)21-23,24-9-3-1-4-10-24)25-11-5-2-6-12-25/h1-21,33-34H. The van der Waals surface area contributed by atoms with Gasteiger partial charge in [-0.15, -0.1) is 0 Å². The van der Waals surface area contributed by atoms with Gasteiger partial charge < -0.3 is 10.0 Å². The Kier molecular flexibility index (Phi) is 4.95.